The molecule has 0 unspecified atom stereocenters. The first kappa shape index (κ1) is 20.3. The summed E-state index contributed by atoms with van der Waals surface area (Å²) in [5.41, 5.74) is 1.35. The van der Waals surface area contributed by atoms with Crippen LogP contribution in [0.4, 0.5) is 0 Å². The monoisotopic (exact) mass is 397 g/mol. The van der Waals surface area contributed by atoms with E-state index < -0.39 is 17.6 Å². The van der Waals surface area contributed by atoms with Gasteiger partial charge in [-0.3, -0.25) is 14.5 Å². The van der Waals surface area contributed by atoms with Gasteiger partial charge >= 0.3 is 0 Å². The fraction of sp³-hybridized carbons (Fsp3) is 0.273. The molecule has 0 radical (unpaired) electrons. The summed E-state index contributed by atoms with van der Waals surface area (Å²) in [4.78, 5) is 26.3. The fourth-order valence-electron chi connectivity index (χ4n) is 3.19. The van der Waals surface area contributed by atoms with Crippen molar-refractivity contribution in [3.05, 3.63) is 59.4 Å². The predicted octanol–water partition coefficient (Wildman–Crippen LogP) is 2.98. The molecule has 2 aromatic rings. The van der Waals surface area contributed by atoms with Gasteiger partial charge in [0.15, 0.2) is 17.3 Å². The van der Waals surface area contributed by atoms with Crippen molar-refractivity contribution in [1.82, 2.24) is 4.90 Å². The summed E-state index contributed by atoms with van der Waals surface area (Å²) < 4.78 is 15.9. The number of nitrogens with zero attached hydrogens (tertiary/aromatic N) is 1. The number of benzene rings is 2. The predicted molar refractivity (Wildman–Crippen MR) is 107 cm³/mol. The number of aliphatic hydroxyl groups excluding tert-OH is 1. The van der Waals surface area contributed by atoms with E-state index in [1.165, 1.54) is 0 Å². The largest absolute Gasteiger partial charge is 0.502 e. The SMILES string of the molecule is CCOc1ccc(C2=C(O)C(=O)N(CCc3ccc(OC)c(OC)c3)C2=O)cc1. The van der Waals surface area contributed by atoms with E-state index in [1.54, 1.807) is 50.6 Å². The minimum absolute atomic E-state index is 0.00496. The number of methoxy groups -OCH3 is 2. The average Bonchev–Trinajstić information content (AvgIpc) is 2.95. The van der Waals surface area contributed by atoms with Gasteiger partial charge in [0, 0.05) is 6.54 Å². The first-order valence-corrected chi connectivity index (χ1v) is 9.23. The zero-order chi connectivity index (χ0) is 21.0. The van der Waals surface area contributed by atoms with E-state index in [4.69, 9.17) is 14.2 Å². The lowest BCUT2D eigenvalue weighted by Gasteiger charge is -2.15. The van der Waals surface area contributed by atoms with Crippen molar-refractivity contribution in [2.24, 2.45) is 0 Å². The molecule has 7 heteroatoms. The summed E-state index contributed by atoms with van der Waals surface area (Å²) in [7, 11) is 3.09. The molecule has 3 rings (SSSR count). The molecule has 152 valence electrons. The normalized spacial score (nSPS) is 13.8. The minimum Gasteiger partial charge on any atom is -0.502 e. The van der Waals surface area contributed by atoms with Gasteiger partial charge in [0.2, 0.25) is 0 Å². The van der Waals surface area contributed by atoms with Crippen molar-refractivity contribution in [3.63, 3.8) is 0 Å². The molecular formula is C22H23NO6. The summed E-state index contributed by atoms with van der Waals surface area (Å²) in [6, 6.07) is 12.1. The van der Waals surface area contributed by atoms with Crippen LogP contribution in [0.1, 0.15) is 18.1 Å². The molecule has 0 saturated carbocycles. The Balaban J connectivity index is 1.74. The van der Waals surface area contributed by atoms with Crippen molar-refractivity contribution < 1.29 is 28.9 Å². The molecular weight excluding hydrogens is 374 g/mol. The van der Waals surface area contributed by atoms with Crippen molar-refractivity contribution >= 4 is 17.4 Å². The van der Waals surface area contributed by atoms with E-state index >= 15 is 0 Å². The smallest absolute Gasteiger partial charge is 0.296 e. The Labute approximate surface area is 169 Å². The number of aliphatic hydroxyl groups is 1. The maximum absolute atomic E-state index is 12.8. The standard InChI is InChI=1S/C22H23NO6/c1-4-29-16-8-6-15(7-9-16)19-20(24)22(26)23(21(19)25)12-11-14-5-10-17(27-2)18(13-14)28-3/h5-10,13,24H,4,11-12H2,1-3H3. The zero-order valence-corrected chi connectivity index (χ0v) is 16.6. The molecule has 1 aliphatic heterocycles. The number of amides is 2. The zero-order valence-electron chi connectivity index (χ0n) is 16.6. The van der Waals surface area contributed by atoms with E-state index in [-0.39, 0.29) is 12.1 Å². The van der Waals surface area contributed by atoms with E-state index in [0.717, 1.165) is 10.5 Å². The highest BCUT2D eigenvalue weighted by Gasteiger charge is 2.38. The van der Waals surface area contributed by atoms with Crippen LogP contribution in [0.15, 0.2) is 48.2 Å². The molecule has 0 atom stereocenters. The Morgan fingerprint density at radius 3 is 2.24 bits per heavy atom. The molecule has 2 amide bonds. The Hall–Kier alpha value is -3.48. The Kier molecular flexibility index (Phi) is 6.07. The number of carbonyl (C=O) groups is 2. The molecule has 7 nitrogen and oxygen atoms in total. The topological polar surface area (TPSA) is 85.3 Å². The lowest BCUT2D eigenvalue weighted by molar-refractivity contribution is -0.138. The summed E-state index contributed by atoms with van der Waals surface area (Å²) >= 11 is 0. The second-order valence-electron chi connectivity index (χ2n) is 6.38. The van der Waals surface area contributed by atoms with Crippen LogP contribution < -0.4 is 14.2 Å². The number of hydrogen-bond donors (Lipinski definition) is 1. The van der Waals surface area contributed by atoms with Gasteiger partial charge in [-0.05, 0) is 48.7 Å². The molecule has 1 N–H and O–H groups in total. The summed E-state index contributed by atoms with van der Waals surface area (Å²) in [6.07, 6.45) is 0.418. The summed E-state index contributed by atoms with van der Waals surface area (Å²) in [5, 5.41) is 10.3. The fourth-order valence-corrected chi connectivity index (χ4v) is 3.19. The third-order valence-corrected chi connectivity index (χ3v) is 4.67. The van der Waals surface area contributed by atoms with Gasteiger partial charge in [0.1, 0.15) is 5.75 Å². The van der Waals surface area contributed by atoms with E-state index in [1.807, 2.05) is 13.0 Å². The van der Waals surface area contributed by atoms with E-state index in [0.29, 0.717) is 35.8 Å². The summed E-state index contributed by atoms with van der Waals surface area (Å²) in [5.74, 6) is 0.0724. The van der Waals surface area contributed by atoms with Gasteiger partial charge in [0.05, 0.1) is 26.4 Å². The van der Waals surface area contributed by atoms with Gasteiger partial charge < -0.3 is 19.3 Å². The third kappa shape index (κ3) is 4.03. The first-order valence-electron chi connectivity index (χ1n) is 9.23. The molecule has 2 aromatic carbocycles. The number of rotatable bonds is 8. The second kappa shape index (κ2) is 8.68. The quantitative estimate of drug-likeness (QED) is 0.690. The van der Waals surface area contributed by atoms with Crippen molar-refractivity contribution in [3.8, 4) is 17.2 Å². The molecule has 0 aliphatic carbocycles. The Bertz CT molecular complexity index is 948. The highest BCUT2D eigenvalue weighted by atomic mass is 16.5. The number of imide groups is 1. The van der Waals surface area contributed by atoms with E-state index in [9.17, 15) is 14.7 Å². The third-order valence-electron chi connectivity index (χ3n) is 4.67. The molecule has 0 bridgehead atoms. The highest BCUT2D eigenvalue weighted by molar-refractivity contribution is 6.34. The van der Waals surface area contributed by atoms with Crippen LogP contribution in [0, 0.1) is 0 Å². The number of hydrogen-bond acceptors (Lipinski definition) is 6. The van der Waals surface area contributed by atoms with Crippen LogP contribution in [0.5, 0.6) is 17.2 Å². The van der Waals surface area contributed by atoms with Gasteiger partial charge in [-0.25, -0.2) is 0 Å². The van der Waals surface area contributed by atoms with Crippen LogP contribution in [-0.4, -0.2) is 49.2 Å². The van der Waals surface area contributed by atoms with Crippen molar-refractivity contribution in [1.29, 1.82) is 0 Å². The van der Waals surface area contributed by atoms with Crippen LogP contribution in [0.3, 0.4) is 0 Å². The maximum atomic E-state index is 12.8. The molecule has 1 aliphatic rings. The molecule has 1 heterocycles. The molecule has 29 heavy (non-hydrogen) atoms. The Morgan fingerprint density at radius 1 is 0.931 bits per heavy atom. The van der Waals surface area contributed by atoms with Crippen LogP contribution in [0.25, 0.3) is 5.57 Å². The molecule has 0 saturated heterocycles. The lowest BCUT2D eigenvalue weighted by Crippen LogP contribution is -2.33. The highest BCUT2D eigenvalue weighted by Crippen LogP contribution is 2.31. The van der Waals surface area contributed by atoms with Crippen molar-refractivity contribution in [2.75, 3.05) is 27.4 Å². The molecule has 0 fully saturated rings. The first-order chi connectivity index (χ1) is 14.0. The van der Waals surface area contributed by atoms with Crippen LogP contribution in [-0.2, 0) is 16.0 Å². The maximum Gasteiger partial charge on any atom is 0.296 e. The molecule has 0 aromatic heterocycles. The van der Waals surface area contributed by atoms with Crippen LogP contribution >= 0.6 is 0 Å². The number of ether oxygens (including phenoxy) is 3. The van der Waals surface area contributed by atoms with Crippen molar-refractivity contribution in [2.45, 2.75) is 13.3 Å². The lowest BCUT2D eigenvalue weighted by atomic mass is 10.1. The molecule has 0 spiro atoms. The average molecular weight is 397 g/mol. The van der Waals surface area contributed by atoms with Gasteiger partial charge in [-0.2, -0.15) is 0 Å². The second-order valence-corrected chi connectivity index (χ2v) is 6.38. The summed E-state index contributed by atoms with van der Waals surface area (Å²) in [6.45, 7) is 2.53. The van der Waals surface area contributed by atoms with Gasteiger partial charge in [-0.15, -0.1) is 0 Å². The van der Waals surface area contributed by atoms with Gasteiger partial charge in [-0.1, -0.05) is 18.2 Å². The number of carbonyl (C=O) groups excluding carboxylic acids is 2. The van der Waals surface area contributed by atoms with Crippen LogP contribution in [0.2, 0.25) is 0 Å². The minimum atomic E-state index is -0.695. The van der Waals surface area contributed by atoms with Gasteiger partial charge in [0.25, 0.3) is 11.8 Å². The Morgan fingerprint density at radius 2 is 1.62 bits per heavy atom. The van der Waals surface area contributed by atoms with E-state index in [2.05, 4.69) is 0 Å².